The summed E-state index contributed by atoms with van der Waals surface area (Å²) in [6, 6.07) is 11.6. The van der Waals surface area contributed by atoms with Gasteiger partial charge < -0.3 is 14.3 Å². The molecule has 0 aliphatic rings. The molecule has 1 N–H and O–H groups in total. The van der Waals surface area contributed by atoms with Gasteiger partial charge in [0.05, 0.1) is 12.7 Å². The lowest BCUT2D eigenvalue weighted by Gasteiger charge is -2.02. The Labute approximate surface area is 115 Å². The minimum atomic E-state index is -0.128. The number of furan rings is 1. The molecule has 3 aromatic rings. The topological polar surface area (TPSA) is 59.7 Å². The first-order valence-corrected chi connectivity index (χ1v) is 6.08. The first-order valence-electron chi connectivity index (χ1n) is 6.08. The summed E-state index contributed by atoms with van der Waals surface area (Å²) in [7, 11) is 1.58. The second kappa shape index (κ2) is 4.74. The van der Waals surface area contributed by atoms with Crippen LogP contribution in [0.15, 0.2) is 53.1 Å². The van der Waals surface area contributed by atoms with Gasteiger partial charge in [0.25, 0.3) is 0 Å². The number of ketones is 1. The Morgan fingerprint density at radius 1 is 1.15 bits per heavy atom. The fourth-order valence-corrected chi connectivity index (χ4v) is 2.09. The number of carbonyl (C=O) groups excluding carboxylic acids is 1. The van der Waals surface area contributed by atoms with Crippen LogP contribution in [0.1, 0.15) is 15.9 Å². The van der Waals surface area contributed by atoms with E-state index < -0.39 is 0 Å². The number of rotatable bonds is 3. The van der Waals surface area contributed by atoms with Crippen LogP contribution in [0.5, 0.6) is 11.5 Å². The van der Waals surface area contributed by atoms with Crippen LogP contribution in [-0.4, -0.2) is 18.0 Å². The highest BCUT2D eigenvalue weighted by Crippen LogP contribution is 2.27. The van der Waals surface area contributed by atoms with Crippen molar-refractivity contribution in [2.75, 3.05) is 7.11 Å². The molecule has 0 unspecified atom stereocenters. The lowest BCUT2D eigenvalue weighted by atomic mass is 10.0. The third kappa shape index (κ3) is 2.01. The maximum atomic E-state index is 12.4. The molecule has 0 aliphatic carbocycles. The SMILES string of the molecule is COc1ccc(C(=O)c2coc3cc(O)ccc23)cc1. The Hall–Kier alpha value is -2.75. The number of hydrogen-bond acceptors (Lipinski definition) is 4. The fraction of sp³-hybridized carbons (Fsp3) is 0.0625. The molecule has 1 aromatic heterocycles. The minimum absolute atomic E-state index is 0.107. The maximum absolute atomic E-state index is 12.4. The molecule has 0 fully saturated rings. The average Bonchev–Trinajstić information content (AvgIpc) is 2.89. The predicted octanol–water partition coefficient (Wildman–Crippen LogP) is 3.38. The normalized spacial score (nSPS) is 10.7. The summed E-state index contributed by atoms with van der Waals surface area (Å²) in [5.41, 5.74) is 1.52. The standard InChI is InChI=1S/C16H12O4/c1-19-12-5-2-10(3-6-12)16(18)14-9-20-15-8-11(17)4-7-13(14)15/h2-9,17H,1H3. The quantitative estimate of drug-likeness (QED) is 0.740. The van der Waals surface area contributed by atoms with Crippen LogP contribution < -0.4 is 4.74 Å². The molecule has 1 heterocycles. The Balaban J connectivity index is 2.03. The number of phenols is 1. The summed E-state index contributed by atoms with van der Waals surface area (Å²) < 4.78 is 10.4. The van der Waals surface area contributed by atoms with E-state index in [0.717, 1.165) is 0 Å². The van der Waals surface area contributed by atoms with Crippen molar-refractivity contribution in [3.8, 4) is 11.5 Å². The third-order valence-electron chi connectivity index (χ3n) is 3.16. The highest BCUT2D eigenvalue weighted by molar-refractivity contribution is 6.15. The summed E-state index contributed by atoms with van der Waals surface area (Å²) in [6.45, 7) is 0. The molecular formula is C16H12O4. The molecule has 0 spiro atoms. The largest absolute Gasteiger partial charge is 0.508 e. The summed E-state index contributed by atoms with van der Waals surface area (Å²) in [6.07, 6.45) is 1.41. The summed E-state index contributed by atoms with van der Waals surface area (Å²) >= 11 is 0. The van der Waals surface area contributed by atoms with Gasteiger partial charge in [0.1, 0.15) is 23.3 Å². The lowest BCUT2D eigenvalue weighted by molar-refractivity contribution is 0.103. The van der Waals surface area contributed by atoms with Crippen LogP contribution in [0.2, 0.25) is 0 Å². The molecule has 0 bridgehead atoms. The predicted molar refractivity (Wildman–Crippen MR) is 74.3 cm³/mol. The molecule has 4 heteroatoms. The first-order chi connectivity index (χ1) is 9.69. The van der Waals surface area contributed by atoms with E-state index in [1.807, 2.05) is 0 Å². The molecule has 20 heavy (non-hydrogen) atoms. The van der Waals surface area contributed by atoms with Crippen molar-refractivity contribution in [2.45, 2.75) is 0 Å². The van der Waals surface area contributed by atoms with E-state index in [9.17, 15) is 9.90 Å². The van der Waals surface area contributed by atoms with Gasteiger partial charge in [0.2, 0.25) is 0 Å². The van der Waals surface area contributed by atoms with Crippen LogP contribution in [0.4, 0.5) is 0 Å². The molecule has 4 nitrogen and oxygen atoms in total. The third-order valence-corrected chi connectivity index (χ3v) is 3.16. The summed E-state index contributed by atoms with van der Waals surface area (Å²) in [5.74, 6) is 0.677. The van der Waals surface area contributed by atoms with Crippen molar-refractivity contribution in [3.05, 3.63) is 59.9 Å². The molecule has 0 radical (unpaired) electrons. The van der Waals surface area contributed by atoms with Gasteiger partial charge in [0.15, 0.2) is 5.78 Å². The Kier molecular flexibility index (Phi) is 2.91. The Bertz CT molecular complexity index is 769. The lowest BCUT2D eigenvalue weighted by Crippen LogP contribution is -2.00. The molecule has 2 aromatic carbocycles. The van der Waals surface area contributed by atoms with Gasteiger partial charge in [-0.2, -0.15) is 0 Å². The average molecular weight is 268 g/mol. The molecular weight excluding hydrogens is 256 g/mol. The highest BCUT2D eigenvalue weighted by Gasteiger charge is 2.16. The van der Waals surface area contributed by atoms with Crippen molar-refractivity contribution < 1.29 is 19.1 Å². The Morgan fingerprint density at radius 2 is 1.90 bits per heavy atom. The summed E-state index contributed by atoms with van der Waals surface area (Å²) in [5, 5.41) is 10.1. The van der Waals surface area contributed by atoms with E-state index in [4.69, 9.17) is 9.15 Å². The van der Waals surface area contributed by atoms with E-state index >= 15 is 0 Å². The first kappa shape index (κ1) is 12.3. The van der Waals surface area contributed by atoms with Crippen LogP contribution in [0, 0.1) is 0 Å². The van der Waals surface area contributed by atoms with Crippen molar-refractivity contribution in [1.29, 1.82) is 0 Å². The number of carbonyl (C=O) groups is 1. The van der Waals surface area contributed by atoms with Crippen LogP contribution >= 0.6 is 0 Å². The maximum Gasteiger partial charge on any atom is 0.196 e. The van der Waals surface area contributed by atoms with Gasteiger partial charge in [-0.1, -0.05) is 0 Å². The molecule has 0 amide bonds. The minimum Gasteiger partial charge on any atom is -0.508 e. The monoisotopic (exact) mass is 268 g/mol. The molecule has 0 saturated heterocycles. The number of hydrogen-bond donors (Lipinski definition) is 1. The van der Waals surface area contributed by atoms with E-state index in [2.05, 4.69) is 0 Å². The number of phenolic OH excluding ortho intramolecular Hbond substituents is 1. The zero-order valence-corrected chi connectivity index (χ0v) is 10.8. The van der Waals surface area contributed by atoms with E-state index in [0.29, 0.717) is 27.8 Å². The molecule has 0 saturated carbocycles. The number of ether oxygens (including phenoxy) is 1. The molecule has 0 atom stereocenters. The van der Waals surface area contributed by atoms with Gasteiger partial charge in [-0.15, -0.1) is 0 Å². The van der Waals surface area contributed by atoms with Crippen LogP contribution in [0.25, 0.3) is 11.0 Å². The van der Waals surface area contributed by atoms with E-state index in [-0.39, 0.29) is 11.5 Å². The van der Waals surface area contributed by atoms with E-state index in [1.54, 1.807) is 37.4 Å². The van der Waals surface area contributed by atoms with Gasteiger partial charge in [-0.25, -0.2) is 0 Å². The Morgan fingerprint density at radius 3 is 2.60 bits per heavy atom. The summed E-state index contributed by atoms with van der Waals surface area (Å²) in [4.78, 5) is 12.4. The zero-order chi connectivity index (χ0) is 14.1. The second-order valence-corrected chi connectivity index (χ2v) is 4.39. The van der Waals surface area contributed by atoms with Crippen molar-refractivity contribution in [2.24, 2.45) is 0 Å². The van der Waals surface area contributed by atoms with Crippen molar-refractivity contribution in [1.82, 2.24) is 0 Å². The van der Waals surface area contributed by atoms with Gasteiger partial charge in [0, 0.05) is 17.0 Å². The van der Waals surface area contributed by atoms with Crippen molar-refractivity contribution in [3.63, 3.8) is 0 Å². The van der Waals surface area contributed by atoms with Gasteiger partial charge in [-0.3, -0.25) is 4.79 Å². The number of fused-ring (bicyclic) bond motifs is 1. The number of aromatic hydroxyl groups is 1. The highest BCUT2D eigenvalue weighted by atomic mass is 16.5. The number of benzene rings is 2. The zero-order valence-electron chi connectivity index (χ0n) is 10.8. The van der Waals surface area contributed by atoms with Gasteiger partial charge in [-0.05, 0) is 36.4 Å². The van der Waals surface area contributed by atoms with E-state index in [1.165, 1.54) is 18.4 Å². The molecule has 100 valence electrons. The second-order valence-electron chi connectivity index (χ2n) is 4.39. The van der Waals surface area contributed by atoms with Crippen molar-refractivity contribution >= 4 is 16.8 Å². The van der Waals surface area contributed by atoms with Crippen LogP contribution in [-0.2, 0) is 0 Å². The van der Waals surface area contributed by atoms with Gasteiger partial charge >= 0.3 is 0 Å². The fourth-order valence-electron chi connectivity index (χ4n) is 2.09. The van der Waals surface area contributed by atoms with Crippen LogP contribution in [0.3, 0.4) is 0 Å². The smallest absolute Gasteiger partial charge is 0.196 e. The number of methoxy groups -OCH3 is 1. The molecule has 0 aliphatic heterocycles. The molecule has 3 rings (SSSR count).